The van der Waals surface area contributed by atoms with Gasteiger partial charge in [-0.05, 0) is 68.5 Å². The first kappa shape index (κ1) is 21.5. The van der Waals surface area contributed by atoms with Crippen LogP contribution in [-0.4, -0.2) is 36.9 Å². The number of H-pyrrole nitrogens is 1. The first-order valence-electron chi connectivity index (χ1n) is 12.3. The molecule has 3 aromatic heterocycles. The van der Waals surface area contributed by atoms with Crippen LogP contribution in [0.3, 0.4) is 0 Å². The maximum atomic E-state index is 13.2. The van der Waals surface area contributed by atoms with Gasteiger partial charge in [-0.2, -0.15) is 10.2 Å². The van der Waals surface area contributed by atoms with Crippen LogP contribution in [0.1, 0.15) is 41.7 Å². The van der Waals surface area contributed by atoms with Gasteiger partial charge < -0.3 is 5.32 Å². The molecule has 1 saturated carbocycles. The Balaban J connectivity index is 1.17. The fraction of sp³-hybridized carbons (Fsp3) is 0.286. The molecule has 0 aliphatic heterocycles. The van der Waals surface area contributed by atoms with Crippen LogP contribution in [0.2, 0.25) is 0 Å². The number of nitrogens with one attached hydrogen (secondary N) is 2. The molecule has 5 aromatic rings. The smallest absolute Gasteiger partial charge is 0.251 e. The molecule has 2 unspecified atom stereocenters. The summed E-state index contributed by atoms with van der Waals surface area (Å²) in [5.41, 5.74) is 5.50. The highest BCUT2D eigenvalue weighted by Crippen LogP contribution is 2.29. The number of carbonyl (C=O) groups is 1. The molecule has 176 valence electrons. The van der Waals surface area contributed by atoms with Gasteiger partial charge in [-0.15, -0.1) is 0 Å². The minimum atomic E-state index is -0.0276. The monoisotopic (exact) mass is 464 g/mol. The minimum Gasteiger partial charge on any atom is -0.349 e. The quantitative estimate of drug-likeness (QED) is 0.371. The molecule has 0 saturated heterocycles. The van der Waals surface area contributed by atoms with Gasteiger partial charge in [-0.1, -0.05) is 24.6 Å². The lowest BCUT2D eigenvalue weighted by molar-refractivity contribution is 0.0917. The molecule has 6 rings (SSSR count). The van der Waals surface area contributed by atoms with Crippen molar-refractivity contribution in [3.05, 3.63) is 78.2 Å². The number of hydrogen-bond acceptors (Lipinski definition) is 4. The van der Waals surface area contributed by atoms with Crippen molar-refractivity contribution < 1.29 is 4.79 Å². The number of aromatic nitrogens is 5. The van der Waals surface area contributed by atoms with Crippen LogP contribution in [0.5, 0.6) is 0 Å². The highest BCUT2D eigenvalue weighted by molar-refractivity contribution is 6.01. The normalized spacial score (nSPS) is 18.2. The SMILES string of the molecule is Cc1cc(-c2n[nH]c3ccc(C(=O)NC4CCCC(Cn5ncc6ccccc65)C4)cc23)ccn1. The number of hydrogen-bond donors (Lipinski definition) is 2. The first-order chi connectivity index (χ1) is 17.1. The number of amides is 1. The van der Waals surface area contributed by atoms with Gasteiger partial charge in [0.15, 0.2) is 0 Å². The number of aryl methyl sites for hydroxylation is 1. The van der Waals surface area contributed by atoms with E-state index in [1.807, 2.05) is 49.5 Å². The largest absolute Gasteiger partial charge is 0.349 e. The summed E-state index contributed by atoms with van der Waals surface area (Å²) in [5, 5.41) is 17.6. The number of nitrogens with zero attached hydrogens (tertiary/aromatic N) is 4. The molecule has 0 radical (unpaired) electrons. The second kappa shape index (κ2) is 8.98. The number of para-hydroxylation sites is 1. The van der Waals surface area contributed by atoms with Crippen LogP contribution >= 0.6 is 0 Å². The molecule has 0 spiro atoms. The Morgan fingerprint density at radius 1 is 1.14 bits per heavy atom. The lowest BCUT2D eigenvalue weighted by atomic mass is 9.85. The van der Waals surface area contributed by atoms with Gasteiger partial charge in [-0.25, -0.2) is 0 Å². The topological polar surface area (TPSA) is 88.5 Å². The van der Waals surface area contributed by atoms with Crippen LogP contribution in [0.4, 0.5) is 0 Å². The molecule has 0 bridgehead atoms. The van der Waals surface area contributed by atoms with E-state index in [2.05, 4.69) is 48.5 Å². The fourth-order valence-electron chi connectivity index (χ4n) is 5.34. The molecule has 35 heavy (non-hydrogen) atoms. The van der Waals surface area contributed by atoms with Crippen molar-refractivity contribution in [1.29, 1.82) is 0 Å². The molecule has 7 nitrogen and oxygen atoms in total. The molecular weight excluding hydrogens is 436 g/mol. The Morgan fingerprint density at radius 3 is 2.97 bits per heavy atom. The Hall–Kier alpha value is -4.00. The van der Waals surface area contributed by atoms with E-state index in [-0.39, 0.29) is 11.9 Å². The number of benzene rings is 2. The number of aromatic amines is 1. The van der Waals surface area contributed by atoms with Gasteiger partial charge in [-0.3, -0.25) is 19.6 Å². The second-order valence-corrected chi connectivity index (χ2v) is 9.61. The van der Waals surface area contributed by atoms with Crippen molar-refractivity contribution in [1.82, 2.24) is 30.3 Å². The molecule has 1 amide bonds. The Morgan fingerprint density at radius 2 is 2.06 bits per heavy atom. The van der Waals surface area contributed by atoms with Crippen LogP contribution in [0, 0.1) is 12.8 Å². The summed E-state index contributed by atoms with van der Waals surface area (Å²) >= 11 is 0. The summed E-state index contributed by atoms with van der Waals surface area (Å²) < 4.78 is 2.11. The molecule has 7 heteroatoms. The number of rotatable bonds is 5. The van der Waals surface area contributed by atoms with E-state index >= 15 is 0 Å². The molecule has 1 aliphatic rings. The summed E-state index contributed by atoms with van der Waals surface area (Å²) in [6.07, 6.45) is 7.97. The van der Waals surface area contributed by atoms with Gasteiger partial charge in [0.1, 0.15) is 5.69 Å². The molecule has 1 aliphatic carbocycles. The van der Waals surface area contributed by atoms with Crippen LogP contribution < -0.4 is 5.32 Å². The fourth-order valence-corrected chi connectivity index (χ4v) is 5.34. The van der Waals surface area contributed by atoms with Crippen molar-refractivity contribution >= 4 is 27.7 Å². The summed E-state index contributed by atoms with van der Waals surface area (Å²) in [7, 11) is 0. The second-order valence-electron chi connectivity index (χ2n) is 9.61. The highest BCUT2D eigenvalue weighted by Gasteiger charge is 2.25. The summed E-state index contributed by atoms with van der Waals surface area (Å²) in [6, 6.07) is 18.2. The van der Waals surface area contributed by atoms with Crippen LogP contribution in [-0.2, 0) is 6.54 Å². The van der Waals surface area contributed by atoms with Crippen molar-refractivity contribution in [3.8, 4) is 11.3 Å². The van der Waals surface area contributed by atoms with E-state index < -0.39 is 0 Å². The summed E-state index contributed by atoms with van der Waals surface area (Å²) in [4.78, 5) is 17.5. The van der Waals surface area contributed by atoms with Crippen LogP contribution in [0.25, 0.3) is 33.1 Å². The Kier molecular flexibility index (Phi) is 5.52. The average Bonchev–Trinajstić information content (AvgIpc) is 3.48. The summed E-state index contributed by atoms with van der Waals surface area (Å²) in [5.74, 6) is 0.468. The van der Waals surface area contributed by atoms with Crippen LogP contribution in [0.15, 0.2) is 67.0 Å². The van der Waals surface area contributed by atoms with Gasteiger partial charge >= 0.3 is 0 Å². The molecule has 2 N–H and O–H groups in total. The molecule has 1 fully saturated rings. The van der Waals surface area contributed by atoms with E-state index in [1.54, 1.807) is 6.20 Å². The van der Waals surface area contributed by atoms with Gasteiger partial charge in [0, 0.05) is 46.4 Å². The minimum absolute atomic E-state index is 0.0276. The Labute approximate surface area is 203 Å². The zero-order valence-corrected chi connectivity index (χ0v) is 19.7. The zero-order chi connectivity index (χ0) is 23.8. The third kappa shape index (κ3) is 4.30. The van der Waals surface area contributed by atoms with E-state index in [9.17, 15) is 4.79 Å². The number of fused-ring (bicyclic) bond motifs is 2. The number of pyridine rings is 1. The Bertz CT molecular complexity index is 1520. The lowest BCUT2D eigenvalue weighted by Gasteiger charge is -2.30. The molecule has 3 heterocycles. The van der Waals surface area contributed by atoms with E-state index in [0.29, 0.717) is 11.5 Å². The maximum absolute atomic E-state index is 13.2. The first-order valence-corrected chi connectivity index (χ1v) is 12.3. The van der Waals surface area contributed by atoms with Gasteiger partial charge in [0.25, 0.3) is 5.91 Å². The van der Waals surface area contributed by atoms with Crippen molar-refractivity contribution in [2.45, 2.75) is 45.2 Å². The van der Waals surface area contributed by atoms with Crippen molar-refractivity contribution in [2.24, 2.45) is 5.92 Å². The van der Waals surface area contributed by atoms with Gasteiger partial charge in [0.2, 0.25) is 0 Å². The third-order valence-electron chi connectivity index (χ3n) is 7.10. The average molecular weight is 465 g/mol. The van der Waals surface area contributed by atoms with Gasteiger partial charge in [0.05, 0.1) is 17.2 Å². The highest BCUT2D eigenvalue weighted by atomic mass is 16.1. The lowest BCUT2D eigenvalue weighted by Crippen LogP contribution is -2.39. The predicted molar refractivity (Wildman–Crippen MR) is 137 cm³/mol. The molecule has 2 atom stereocenters. The predicted octanol–water partition coefficient (Wildman–Crippen LogP) is 5.27. The van der Waals surface area contributed by atoms with E-state index in [0.717, 1.165) is 60.1 Å². The zero-order valence-electron chi connectivity index (χ0n) is 19.7. The summed E-state index contributed by atoms with van der Waals surface area (Å²) in [6.45, 7) is 2.85. The number of carbonyl (C=O) groups excluding carboxylic acids is 1. The van der Waals surface area contributed by atoms with Crippen molar-refractivity contribution in [3.63, 3.8) is 0 Å². The third-order valence-corrected chi connectivity index (χ3v) is 7.10. The van der Waals surface area contributed by atoms with E-state index in [4.69, 9.17) is 0 Å². The molecule has 2 aromatic carbocycles. The van der Waals surface area contributed by atoms with E-state index in [1.165, 1.54) is 10.9 Å². The maximum Gasteiger partial charge on any atom is 0.251 e. The standard InChI is InChI=1S/C28H28N6O/c1-18-13-20(11-12-29-18)27-24-15-21(9-10-25(24)32-33-27)28(35)31-23-7-4-5-19(14-23)17-34-26-8-3-2-6-22(26)16-30-34/h2-3,6,8-13,15-16,19,23H,4-5,7,14,17H2,1H3,(H,31,35)(H,32,33). The van der Waals surface area contributed by atoms with Crippen molar-refractivity contribution in [2.75, 3.05) is 0 Å². The molecular formula is C28H28N6O.